The third kappa shape index (κ3) is 2.95. The van der Waals surface area contributed by atoms with Gasteiger partial charge in [-0.05, 0) is 36.4 Å². The Morgan fingerprint density at radius 2 is 2.04 bits per heavy atom. The minimum atomic E-state index is -0.477. The molecular weight excluding hydrogens is 357 g/mol. The quantitative estimate of drug-likeness (QED) is 0.519. The molecule has 4 rings (SSSR count). The van der Waals surface area contributed by atoms with Gasteiger partial charge in [0.1, 0.15) is 29.5 Å². The molecule has 26 heavy (non-hydrogen) atoms. The zero-order valence-corrected chi connectivity index (χ0v) is 14.4. The van der Waals surface area contributed by atoms with Gasteiger partial charge in [-0.2, -0.15) is 0 Å². The van der Waals surface area contributed by atoms with E-state index in [1.165, 1.54) is 18.5 Å². The van der Waals surface area contributed by atoms with E-state index in [4.69, 9.17) is 20.8 Å². The third-order valence-corrected chi connectivity index (χ3v) is 4.22. The number of aromatic nitrogens is 2. The second-order valence-electron chi connectivity index (χ2n) is 5.52. The minimum Gasteiger partial charge on any atom is -0.496 e. The van der Waals surface area contributed by atoms with E-state index in [1.54, 1.807) is 25.5 Å². The number of fused-ring (bicyclic) bond motifs is 1. The smallest absolute Gasteiger partial charge is 0.141 e. The van der Waals surface area contributed by atoms with Crippen molar-refractivity contribution in [3.05, 3.63) is 65.9 Å². The molecule has 5 nitrogen and oxygen atoms in total. The molecule has 0 aliphatic rings. The second kappa shape index (κ2) is 6.65. The Labute approximate surface area is 153 Å². The molecule has 2 aromatic carbocycles. The number of hydrogen-bond donors (Lipinski definition) is 1. The molecule has 0 amide bonds. The summed E-state index contributed by atoms with van der Waals surface area (Å²) < 4.78 is 24.3. The van der Waals surface area contributed by atoms with Crippen molar-refractivity contribution in [3.63, 3.8) is 0 Å². The topological polar surface area (TPSA) is 60.2 Å². The van der Waals surface area contributed by atoms with Crippen molar-refractivity contribution < 1.29 is 13.5 Å². The van der Waals surface area contributed by atoms with Crippen LogP contribution in [0.15, 0.2) is 59.5 Å². The lowest BCUT2D eigenvalue weighted by molar-refractivity contribution is 0.415. The number of benzene rings is 2. The largest absolute Gasteiger partial charge is 0.496 e. The summed E-state index contributed by atoms with van der Waals surface area (Å²) in [5.41, 5.74) is 2.09. The van der Waals surface area contributed by atoms with Gasteiger partial charge < -0.3 is 14.5 Å². The van der Waals surface area contributed by atoms with Crippen LogP contribution >= 0.6 is 11.6 Å². The standard InChI is InChI=1S/C19H13ClFN3O2/c1-25-18-9-16-12(8-13(18)17-3-2-6-26-17)19(23-10-22-16)24-11-4-5-15(21)14(20)7-11/h2-10H,1H3,(H,22,23,24). The highest BCUT2D eigenvalue weighted by molar-refractivity contribution is 6.31. The number of ether oxygens (including phenoxy) is 1. The fourth-order valence-electron chi connectivity index (χ4n) is 2.69. The molecule has 4 aromatic rings. The van der Waals surface area contributed by atoms with Gasteiger partial charge in [0, 0.05) is 17.1 Å². The lowest BCUT2D eigenvalue weighted by atomic mass is 10.1. The lowest BCUT2D eigenvalue weighted by Gasteiger charge is -2.12. The fourth-order valence-corrected chi connectivity index (χ4v) is 2.87. The van der Waals surface area contributed by atoms with Crippen molar-refractivity contribution >= 4 is 34.0 Å². The summed E-state index contributed by atoms with van der Waals surface area (Å²) >= 11 is 5.85. The van der Waals surface area contributed by atoms with Gasteiger partial charge in [0.15, 0.2) is 0 Å². The predicted octanol–water partition coefficient (Wildman–Crippen LogP) is 5.43. The number of halogens is 2. The number of hydrogen-bond acceptors (Lipinski definition) is 5. The first-order valence-electron chi connectivity index (χ1n) is 7.74. The zero-order chi connectivity index (χ0) is 18.1. The highest BCUT2D eigenvalue weighted by Gasteiger charge is 2.14. The number of nitrogens with zero attached hydrogens (tertiary/aromatic N) is 2. The Bertz CT molecular complexity index is 1080. The summed E-state index contributed by atoms with van der Waals surface area (Å²) in [6, 6.07) is 11.7. The Balaban J connectivity index is 1.84. The van der Waals surface area contributed by atoms with Crippen molar-refractivity contribution in [2.75, 3.05) is 12.4 Å². The molecule has 0 saturated carbocycles. The SMILES string of the molecule is COc1cc2ncnc(Nc3ccc(F)c(Cl)c3)c2cc1-c1ccco1. The van der Waals surface area contributed by atoms with Gasteiger partial charge in [-0.1, -0.05) is 11.6 Å². The van der Waals surface area contributed by atoms with E-state index in [9.17, 15) is 4.39 Å². The molecule has 0 unspecified atom stereocenters. The minimum absolute atomic E-state index is 0.0336. The van der Waals surface area contributed by atoms with E-state index in [0.29, 0.717) is 28.5 Å². The van der Waals surface area contributed by atoms with Gasteiger partial charge in [0.25, 0.3) is 0 Å². The number of rotatable bonds is 4. The maximum absolute atomic E-state index is 13.4. The van der Waals surface area contributed by atoms with E-state index in [0.717, 1.165) is 10.9 Å². The first-order valence-corrected chi connectivity index (χ1v) is 8.12. The van der Waals surface area contributed by atoms with E-state index >= 15 is 0 Å². The Morgan fingerprint density at radius 1 is 1.15 bits per heavy atom. The van der Waals surface area contributed by atoms with Crippen LogP contribution in [0.1, 0.15) is 0 Å². The van der Waals surface area contributed by atoms with Gasteiger partial charge in [-0.25, -0.2) is 14.4 Å². The lowest BCUT2D eigenvalue weighted by Crippen LogP contribution is -1.98. The van der Waals surface area contributed by atoms with E-state index in [2.05, 4.69) is 15.3 Å². The molecule has 2 aromatic heterocycles. The summed E-state index contributed by atoms with van der Waals surface area (Å²) in [6.07, 6.45) is 3.04. The number of methoxy groups -OCH3 is 1. The number of furan rings is 1. The van der Waals surface area contributed by atoms with E-state index < -0.39 is 5.82 Å². The summed E-state index contributed by atoms with van der Waals surface area (Å²) in [7, 11) is 1.59. The van der Waals surface area contributed by atoms with Crippen LogP contribution in [0.3, 0.4) is 0 Å². The Morgan fingerprint density at radius 3 is 2.77 bits per heavy atom. The third-order valence-electron chi connectivity index (χ3n) is 3.93. The monoisotopic (exact) mass is 369 g/mol. The van der Waals surface area contributed by atoms with Crippen LogP contribution in [0.2, 0.25) is 5.02 Å². The number of anilines is 2. The highest BCUT2D eigenvalue weighted by Crippen LogP contribution is 2.36. The predicted molar refractivity (Wildman–Crippen MR) is 98.5 cm³/mol. The molecule has 1 N–H and O–H groups in total. The molecule has 130 valence electrons. The molecule has 0 fully saturated rings. The maximum Gasteiger partial charge on any atom is 0.141 e. The number of nitrogens with one attached hydrogen (secondary N) is 1. The Hall–Kier alpha value is -3.12. The van der Waals surface area contributed by atoms with Gasteiger partial charge in [0.05, 0.1) is 29.5 Å². The Kier molecular flexibility index (Phi) is 4.18. The molecular formula is C19H13ClFN3O2. The van der Waals surface area contributed by atoms with Gasteiger partial charge >= 0.3 is 0 Å². The molecule has 0 bridgehead atoms. The molecule has 0 aliphatic carbocycles. The highest BCUT2D eigenvalue weighted by atomic mass is 35.5. The molecule has 0 radical (unpaired) electrons. The summed E-state index contributed by atoms with van der Waals surface area (Å²) in [6.45, 7) is 0. The van der Waals surface area contributed by atoms with Crippen LogP contribution in [0.4, 0.5) is 15.9 Å². The molecule has 0 aliphatic heterocycles. The summed E-state index contributed by atoms with van der Waals surface area (Å²) in [5, 5.41) is 3.95. The molecule has 2 heterocycles. The van der Waals surface area contributed by atoms with Crippen molar-refractivity contribution in [2.24, 2.45) is 0 Å². The van der Waals surface area contributed by atoms with Crippen molar-refractivity contribution in [1.29, 1.82) is 0 Å². The van der Waals surface area contributed by atoms with Crippen molar-refractivity contribution in [3.8, 4) is 17.1 Å². The van der Waals surface area contributed by atoms with E-state index in [1.807, 2.05) is 18.2 Å². The first kappa shape index (κ1) is 16.4. The molecule has 0 atom stereocenters. The van der Waals surface area contributed by atoms with Crippen LogP contribution in [0, 0.1) is 5.82 Å². The maximum atomic E-state index is 13.4. The van der Waals surface area contributed by atoms with Crippen LogP contribution in [0.25, 0.3) is 22.2 Å². The average Bonchev–Trinajstić information content (AvgIpc) is 3.18. The van der Waals surface area contributed by atoms with Crippen molar-refractivity contribution in [2.45, 2.75) is 0 Å². The normalized spacial score (nSPS) is 10.9. The van der Waals surface area contributed by atoms with E-state index in [-0.39, 0.29) is 5.02 Å². The van der Waals surface area contributed by atoms with Crippen LogP contribution in [0.5, 0.6) is 5.75 Å². The fraction of sp³-hybridized carbons (Fsp3) is 0.0526. The molecule has 0 saturated heterocycles. The average molecular weight is 370 g/mol. The summed E-state index contributed by atoms with van der Waals surface area (Å²) in [5.74, 6) is 1.40. The van der Waals surface area contributed by atoms with Gasteiger partial charge in [-0.3, -0.25) is 0 Å². The molecule has 7 heteroatoms. The van der Waals surface area contributed by atoms with Gasteiger partial charge in [0.2, 0.25) is 0 Å². The zero-order valence-electron chi connectivity index (χ0n) is 13.7. The van der Waals surface area contributed by atoms with Crippen molar-refractivity contribution in [1.82, 2.24) is 9.97 Å². The first-order chi connectivity index (χ1) is 12.7. The second-order valence-corrected chi connectivity index (χ2v) is 5.93. The van der Waals surface area contributed by atoms with Gasteiger partial charge in [-0.15, -0.1) is 0 Å². The molecule has 0 spiro atoms. The van der Waals surface area contributed by atoms with Crippen LogP contribution < -0.4 is 10.1 Å². The summed E-state index contributed by atoms with van der Waals surface area (Å²) in [4.78, 5) is 8.60. The van der Waals surface area contributed by atoms with Crippen LogP contribution in [-0.2, 0) is 0 Å². The van der Waals surface area contributed by atoms with Crippen LogP contribution in [-0.4, -0.2) is 17.1 Å².